The van der Waals surface area contributed by atoms with Crippen LogP contribution in [0.15, 0.2) is 18.3 Å². The van der Waals surface area contributed by atoms with E-state index in [2.05, 4.69) is 39.0 Å². The Hall–Kier alpha value is -2.74. The van der Waals surface area contributed by atoms with Gasteiger partial charge in [0, 0.05) is 38.9 Å². The molecule has 1 aliphatic heterocycles. The molecule has 2 N–H and O–H groups in total. The van der Waals surface area contributed by atoms with Crippen LogP contribution in [-0.2, 0) is 6.54 Å². The fraction of sp³-hybridized carbons (Fsp3) is 0.500. The van der Waals surface area contributed by atoms with Crippen LogP contribution in [0.4, 0.5) is 17.6 Å². The summed E-state index contributed by atoms with van der Waals surface area (Å²) in [4.78, 5) is 16.4. The zero-order valence-corrected chi connectivity index (χ0v) is 16.4. The zero-order chi connectivity index (χ0) is 19.1. The molecule has 0 bridgehead atoms. The third-order valence-corrected chi connectivity index (χ3v) is 5.51. The van der Waals surface area contributed by atoms with Gasteiger partial charge in [0.25, 0.3) is 0 Å². The number of piperazine rings is 1. The molecule has 0 unspecified atom stereocenters. The number of nitrogens with one attached hydrogen (secondary N) is 2. The largest absolute Gasteiger partial charge is 0.338 e. The Kier molecular flexibility index (Phi) is 4.35. The number of aromatic nitrogens is 5. The fourth-order valence-electron chi connectivity index (χ4n) is 3.65. The van der Waals surface area contributed by atoms with Gasteiger partial charge in [-0.25, -0.2) is 9.97 Å². The maximum atomic E-state index is 4.91. The zero-order valence-electron chi connectivity index (χ0n) is 16.4. The van der Waals surface area contributed by atoms with Gasteiger partial charge < -0.3 is 15.5 Å². The molecule has 146 valence electrons. The lowest BCUT2D eigenvalue weighted by molar-refractivity contribution is 0.555. The van der Waals surface area contributed by atoms with Crippen molar-refractivity contribution in [3.8, 4) is 0 Å². The lowest BCUT2D eigenvalue weighted by atomic mass is 10.3. The quantitative estimate of drug-likeness (QED) is 0.705. The average molecular weight is 378 g/mol. The fourth-order valence-corrected chi connectivity index (χ4v) is 3.65. The number of hydrogen-bond donors (Lipinski definition) is 2. The summed E-state index contributed by atoms with van der Waals surface area (Å²) in [5.41, 5.74) is 4.01. The Morgan fingerprint density at radius 1 is 1.14 bits per heavy atom. The van der Waals surface area contributed by atoms with Crippen molar-refractivity contribution in [3.05, 3.63) is 29.6 Å². The standard InChI is InChI=1S/C20H26N8/c1-13-5-6-22-16(11-13)23-19-18-17(14(2)28(26-18)12-15-3-4-15)24-20(25-19)27-9-7-21-8-10-27/h5-6,11,15,21H,3-4,7-10,12H2,1-2H3,(H,22,23,24,25). The number of pyridine rings is 1. The maximum absolute atomic E-state index is 4.91. The molecule has 28 heavy (non-hydrogen) atoms. The van der Waals surface area contributed by atoms with E-state index < -0.39 is 0 Å². The summed E-state index contributed by atoms with van der Waals surface area (Å²) < 4.78 is 2.10. The van der Waals surface area contributed by atoms with E-state index in [-0.39, 0.29) is 0 Å². The summed E-state index contributed by atoms with van der Waals surface area (Å²) in [6, 6.07) is 4.01. The highest BCUT2D eigenvalue weighted by Crippen LogP contribution is 2.33. The lowest BCUT2D eigenvalue weighted by Crippen LogP contribution is -2.44. The Labute approximate surface area is 164 Å². The van der Waals surface area contributed by atoms with Gasteiger partial charge in [-0.3, -0.25) is 4.68 Å². The molecule has 2 fully saturated rings. The minimum atomic E-state index is 0.731. The Bertz CT molecular complexity index is 1000. The molecule has 8 heteroatoms. The number of anilines is 3. The highest BCUT2D eigenvalue weighted by molar-refractivity contribution is 5.89. The van der Waals surface area contributed by atoms with Crippen molar-refractivity contribution >= 4 is 28.6 Å². The van der Waals surface area contributed by atoms with Crippen molar-refractivity contribution in [3.63, 3.8) is 0 Å². The van der Waals surface area contributed by atoms with Crippen LogP contribution in [0.3, 0.4) is 0 Å². The molecule has 2 aliphatic rings. The van der Waals surface area contributed by atoms with Gasteiger partial charge in [-0.1, -0.05) is 0 Å². The van der Waals surface area contributed by atoms with Crippen LogP contribution in [-0.4, -0.2) is 50.9 Å². The van der Waals surface area contributed by atoms with Gasteiger partial charge in [-0.15, -0.1) is 0 Å². The van der Waals surface area contributed by atoms with Gasteiger partial charge in [0.15, 0.2) is 11.3 Å². The number of hydrogen-bond acceptors (Lipinski definition) is 7. The van der Waals surface area contributed by atoms with Crippen molar-refractivity contribution < 1.29 is 0 Å². The van der Waals surface area contributed by atoms with Crippen LogP contribution in [0.1, 0.15) is 24.1 Å². The summed E-state index contributed by atoms with van der Waals surface area (Å²) in [6.07, 6.45) is 4.40. The summed E-state index contributed by atoms with van der Waals surface area (Å²) in [5, 5.41) is 11.7. The van der Waals surface area contributed by atoms with Gasteiger partial charge in [-0.05, 0) is 50.3 Å². The molecule has 1 saturated carbocycles. The molecule has 0 amide bonds. The Balaban J connectivity index is 1.59. The number of aryl methyl sites for hydroxylation is 2. The van der Waals surface area contributed by atoms with E-state index in [0.717, 1.165) is 78.5 Å². The molecule has 0 radical (unpaired) electrons. The first-order chi connectivity index (χ1) is 13.7. The molecule has 1 aliphatic carbocycles. The average Bonchev–Trinajstić information content (AvgIpc) is 3.47. The van der Waals surface area contributed by atoms with Crippen molar-refractivity contribution in [2.24, 2.45) is 5.92 Å². The van der Waals surface area contributed by atoms with Gasteiger partial charge in [0.1, 0.15) is 11.3 Å². The number of fused-ring (bicyclic) bond motifs is 1. The lowest BCUT2D eigenvalue weighted by Gasteiger charge is -2.27. The second-order valence-electron chi connectivity index (χ2n) is 7.86. The second-order valence-corrected chi connectivity index (χ2v) is 7.86. The second kappa shape index (κ2) is 7.01. The van der Waals surface area contributed by atoms with Crippen molar-refractivity contribution in [2.45, 2.75) is 33.2 Å². The van der Waals surface area contributed by atoms with Gasteiger partial charge in [0.05, 0.1) is 5.69 Å². The molecule has 0 atom stereocenters. The summed E-state index contributed by atoms with van der Waals surface area (Å²) in [6.45, 7) is 8.84. The van der Waals surface area contributed by atoms with Crippen LogP contribution >= 0.6 is 0 Å². The van der Waals surface area contributed by atoms with Crippen molar-refractivity contribution in [1.29, 1.82) is 0 Å². The summed E-state index contributed by atoms with van der Waals surface area (Å²) >= 11 is 0. The first-order valence-electron chi connectivity index (χ1n) is 10.1. The Morgan fingerprint density at radius 2 is 1.96 bits per heavy atom. The highest BCUT2D eigenvalue weighted by atomic mass is 15.3. The minimum Gasteiger partial charge on any atom is -0.338 e. The van der Waals surface area contributed by atoms with Crippen LogP contribution in [0.25, 0.3) is 11.0 Å². The van der Waals surface area contributed by atoms with Crippen LogP contribution in [0.5, 0.6) is 0 Å². The number of nitrogens with zero attached hydrogens (tertiary/aromatic N) is 6. The smallest absolute Gasteiger partial charge is 0.228 e. The molecule has 8 nitrogen and oxygen atoms in total. The molecule has 5 rings (SSSR count). The molecule has 3 aromatic heterocycles. The van der Waals surface area contributed by atoms with E-state index in [1.807, 2.05) is 18.3 Å². The van der Waals surface area contributed by atoms with Crippen molar-refractivity contribution in [2.75, 3.05) is 36.4 Å². The molecule has 0 spiro atoms. The third-order valence-electron chi connectivity index (χ3n) is 5.51. The topological polar surface area (TPSA) is 83.8 Å². The van der Waals surface area contributed by atoms with E-state index in [1.165, 1.54) is 12.8 Å². The normalized spacial score (nSPS) is 17.3. The van der Waals surface area contributed by atoms with E-state index in [9.17, 15) is 0 Å². The molecule has 1 saturated heterocycles. The first kappa shape index (κ1) is 17.4. The summed E-state index contributed by atoms with van der Waals surface area (Å²) in [7, 11) is 0. The predicted molar refractivity (Wildman–Crippen MR) is 110 cm³/mol. The molecule has 0 aromatic carbocycles. The van der Waals surface area contributed by atoms with Crippen LogP contribution < -0.4 is 15.5 Å². The van der Waals surface area contributed by atoms with Crippen LogP contribution in [0, 0.1) is 19.8 Å². The summed E-state index contributed by atoms with van der Waals surface area (Å²) in [5.74, 6) is 3.02. The van der Waals surface area contributed by atoms with E-state index in [4.69, 9.17) is 15.1 Å². The molecular formula is C20H26N8. The number of rotatable bonds is 5. The van der Waals surface area contributed by atoms with E-state index in [1.54, 1.807) is 0 Å². The maximum Gasteiger partial charge on any atom is 0.228 e. The van der Waals surface area contributed by atoms with Gasteiger partial charge in [0.2, 0.25) is 5.95 Å². The predicted octanol–water partition coefficient (Wildman–Crippen LogP) is 2.40. The highest BCUT2D eigenvalue weighted by Gasteiger charge is 2.25. The SMILES string of the molecule is Cc1ccnc(Nc2nc(N3CCNCC3)nc3c(C)n(CC4CC4)nc23)c1. The van der Waals surface area contributed by atoms with Crippen LogP contribution in [0.2, 0.25) is 0 Å². The molecular weight excluding hydrogens is 352 g/mol. The monoisotopic (exact) mass is 378 g/mol. The Morgan fingerprint density at radius 3 is 2.71 bits per heavy atom. The van der Waals surface area contributed by atoms with E-state index >= 15 is 0 Å². The minimum absolute atomic E-state index is 0.731. The van der Waals surface area contributed by atoms with E-state index in [0.29, 0.717) is 0 Å². The van der Waals surface area contributed by atoms with Gasteiger partial charge >= 0.3 is 0 Å². The van der Waals surface area contributed by atoms with Crippen molar-refractivity contribution in [1.82, 2.24) is 30.0 Å². The molecule has 3 aromatic rings. The first-order valence-corrected chi connectivity index (χ1v) is 10.1. The van der Waals surface area contributed by atoms with Gasteiger partial charge in [-0.2, -0.15) is 10.1 Å². The third kappa shape index (κ3) is 3.40. The molecule has 4 heterocycles.